The van der Waals surface area contributed by atoms with Crippen molar-refractivity contribution in [3.05, 3.63) is 23.4 Å². The minimum Gasteiger partial charge on any atom is -1.00 e. The summed E-state index contributed by atoms with van der Waals surface area (Å²) in [5.41, 5.74) is 0. The van der Waals surface area contributed by atoms with Crippen LogP contribution in [-0.4, -0.2) is 14.9 Å². The Bertz CT molecular complexity index is 217. The van der Waals surface area contributed by atoms with E-state index < -0.39 is 8.32 Å². The molecule has 0 N–H and O–H groups in total. The normalized spacial score (nSPS) is 13.4. The van der Waals surface area contributed by atoms with Crippen molar-refractivity contribution in [2.45, 2.75) is 32.9 Å². The Kier molecular flexibility index (Phi) is 14.4. The van der Waals surface area contributed by atoms with E-state index in [1.54, 1.807) is 0 Å². The van der Waals surface area contributed by atoms with Crippen molar-refractivity contribution in [3.8, 4) is 0 Å². The van der Waals surface area contributed by atoms with E-state index in [4.69, 9.17) is 4.43 Å². The maximum absolute atomic E-state index is 5.85. The van der Waals surface area contributed by atoms with Crippen LogP contribution in [0.5, 0.6) is 0 Å². The van der Waals surface area contributed by atoms with E-state index in [0.29, 0.717) is 0 Å². The smallest absolute Gasteiger partial charge is 1.00 e. The summed E-state index contributed by atoms with van der Waals surface area (Å²) in [5, 5.41) is 1.33. The molecule has 0 aromatic heterocycles. The number of halogens is 2. The molecule has 0 aromatic rings. The Morgan fingerprint density at radius 1 is 1.40 bits per heavy atom. The Labute approximate surface area is 122 Å². The van der Waals surface area contributed by atoms with E-state index in [-0.39, 0.29) is 46.5 Å². The second-order valence-corrected chi connectivity index (χ2v) is 7.40. The van der Waals surface area contributed by atoms with Gasteiger partial charge in [0.2, 0.25) is 0 Å². The van der Waals surface area contributed by atoms with Crippen LogP contribution in [0.1, 0.15) is 19.8 Å². The molecule has 0 heterocycles. The predicted molar refractivity (Wildman–Crippen MR) is 54.2 cm³/mol. The molecular weight excluding hydrogens is 283 g/mol. The first-order chi connectivity index (χ1) is 5.67. The summed E-state index contributed by atoms with van der Waals surface area (Å²) in [6.45, 7) is 7.51. The molecule has 1 nitrogen and oxygen atoms in total. The standard InChI is InChI=1S/C10H17OSi.2ClH.Ti/c1-4-9-11-12(2,3)10-7-5-6-8-10;;;/h5,7H,4,6,9H2,1-3H3;2*1H;/q-1;;;+3/p-2. The van der Waals surface area contributed by atoms with Gasteiger partial charge >= 0.3 is 21.7 Å². The first-order valence-corrected chi connectivity index (χ1v) is 7.49. The van der Waals surface area contributed by atoms with Crippen LogP contribution < -0.4 is 24.8 Å². The summed E-state index contributed by atoms with van der Waals surface area (Å²) in [4.78, 5) is 0. The molecule has 0 atom stereocenters. The zero-order chi connectivity index (χ0) is 9.03. The van der Waals surface area contributed by atoms with Crippen LogP contribution in [0.25, 0.3) is 0 Å². The van der Waals surface area contributed by atoms with Crippen LogP contribution in [0.15, 0.2) is 17.3 Å². The Balaban J connectivity index is -0.000000480. The van der Waals surface area contributed by atoms with Gasteiger partial charge in [0.1, 0.15) is 0 Å². The summed E-state index contributed by atoms with van der Waals surface area (Å²) in [6.07, 6.45) is 9.75. The van der Waals surface area contributed by atoms with E-state index in [1.165, 1.54) is 5.20 Å². The predicted octanol–water partition coefficient (Wildman–Crippen LogP) is -3.15. The molecule has 0 unspecified atom stereocenters. The third-order valence-electron chi connectivity index (χ3n) is 2.01. The van der Waals surface area contributed by atoms with Gasteiger partial charge < -0.3 is 29.2 Å². The molecule has 0 fully saturated rings. The average Bonchev–Trinajstić information content (AvgIpc) is 2.53. The molecular formula is C10H17Cl2OSiTi. The summed E-state index contributed by atoms with van der Waals surface area (Å²) in [6, 6.07) is 0. The molecule has 0 aromatic carbocycles. The molecule has 5 heteroatoms. The molecule has 1 aliphatic carbocycles. The Hall–Kier alpha value is 0.951. The zero-order valence-corrected chi connectivity index (χ0v) is 13.5. The molecule has 0 spiro atoms. The van der Waals surface area contributed by atoms with Gasteiger partial charge in [-0.2, -0.15) is 6.08 Å². The van der Waals surface area contributed by atoms with Crippen molar-refractivity contribution >= 4 is 8.32 Å². The summed E-state index contributed by atoms with van der Waals surface area (Å²) in [5.74, 6) is 0. The fraction of sp³-hybridized carbons (Fsp3) is 0.600. The van der Waals surface area contributed by atoms with E-state index in [9.17, 15) is 0 Å². The molecule has 0 aliphatic heterocycles. The quantitative estimate of drug-likeness (QED) is 0.394. The van der Waals surface area contributed by atoms with Gasteiger partial charge in [-0.15, -0.1) is 6.42 Å². The SMILES string of the molecule is CCCO[Si](C)(C)C1=[C-]CC=C1.[Cl-].[Cl-].[Ti+3]. The van der Waals surface area contributed by atoms with Crippen LogP contribution in [0.2, 0.25) is 13.1 Å². The van der Waals surface area contributed by atoms with Crippen LogP contribution in [0, 0.1) is 6.08 Å². The number of rotatable bonds is 4. The van der Waals surface area contributed by atoms with Gasteiger partial charge in [0, 0.05) is 6.61 Å². The summed E-state index contributed by atoms with van der Waals surface area (Å²) in [7, 11) is -1.57. The van der Waals surface area contributed by atoms with Crippen molar-refractivity contribution in [3.63, 3.8) is 0 Å². The van der Waals surface area contributed by atoms with Gasteiger partial charge in [0.25, 0.3) is 0 Å². The molecule has 85 valence electrons. The largest absolute Gasteiger partial charge is 3.00 e. The molecule has 0 saturated heterocycles. The minimum atomic E-state index is -1.57. The topological polar surface area (TPSA) is 9.23 Å². The van der Waals surface area contributed by atoms with Crippen LogP contribution in [0.3, 0.4) is 0 Å². The summed E-state index contributed by atoms with van der Waals surface area (Å²) < 4.78 is 5.85. The van der Waals surface area contributed by atoms with Gasteiger partial charge in [-0.25, -0.2) is 11.3 Å². The van der Waals surface area contributed by atoms with E-state index in [0.717, 1.165) is 19.4 Å². The first kappa shape index (κ1) is 21.3. The maximum atomic E-state index is 5.85. The average molecular weight is 300 g/mol. The monoisotopic (exact) mass is 299 g/mol. The number of hydrogen-bond acceptors (Lipinski definition) is 1. The van der Waals surface area contributed by atoms with Gasteiger partial charge in [-0.3, -0.25) is 6.08 Å². The Morgan fingerprint density at radius 2 is 2.00 bits per heavy atom. The molecule has 0 amide bonds. The van der Waals surface area contributed by atoms with Crippen molar-refractivity contribution in [2.24, 2.45) is 0 Å². The van der Waals surface area contributed by atoms with Crippen molar-refractivity contribution in [1.29, 1.82) is 0 Å². The third kappa shape index (κ3) is 6.98. The van der Waals surface area contributed by atoms with Gasteiger partial charge in [-0.05, 0) is 19.5 Å². The number of hydrogen-bond donors (Lipinski definition) is 0. The molecule has 1 radical (unpaired) electrons. The zero-order valence-electron chi connectivity index (χ0n) is 9.44. The third-order valence-corrected chi connectivity index (χ3v) is 4.58. The van der Waals surface area contributed by atoms with Crippen LogP contribution in [0.4, 0.5) is 0 Å². The fourth-order valence-corrected chi connectivity index (χ4v) is 3.17. The van der Waals surface area contributed by atoms with E-state index in [2.05, 4.69) is 38.2 Å². The minimum absolute atomic E-state index is 0. The fourth-order valence-electron chi connectivity index (χ4n) is 1.25. The molecule has 0 bridgehead atoms. The Morgan fingerprint density at radius 3 is 2.40 bits per heavy atom. The molecule has 15 heavy (non-hydrogen) atoms. The second-order valence-electron chi connectivity index (χ2n) is 3.56. The van der Waals surface area contributed by atoms with Gasteiger partial charge in [-0.1, -0.05) is 6.92 Å². The second kappa shape index (κ2) is 10.1. The van der Waals surface area contributed by atoms with E-state index in [1.807, 2.05) is 0 Å². The maximum Gasteiger partial charge on any atom is 3.00 e. The van der Waals surface area contributed by atoms with Crippen molar-refractivity contribution < 1.29 is 51.0 Å². The van der Waals surface area contributed by atoms with Crippen LogP contribution in [-0.2, 0) is 26.1 Å². The van der Waals surface area contributed by atoms with Gasteiger partial charge in [0.05, 0.1) is 0 Å². The van der Waals surface area contributed by atoms with E-state index >= 15 is 0 Å². The van der Waals surface area contributed by atoms with Crippen molar-refractivity contribution in [1.82, 2.24) is 0 Å². The molecule has 1 rings (SSSR count). The molecule has 0 saturated carbocycles. The van der Waals surface area contributed by atoms with Gasteiger partial charge in [0.15, 0.2) is 8.32 Å². The first-order valence-electron chi connectivity index (χ1n) is 4.58. The number of allylic oxidation sites excluding steroid dienone is 4. The van der Waals surface area contributed by atoms with Crippen LogP contribution >= 0.6 is 0 Å². The summed E-state index contributed by atoms with van der Waals surface area (Å²) >= 11 is 0. The van der Waals surface area contributed by atoms with Crippen molar-refractivity contribution in [2.75, 3.05) is 6.61 Å². The molecule has 1 aliphatic rings.